The van der Waals surface area contributed by atoms with E-state index in [2.05, 4.69) is 43.0 Å². The quantitative estimate of drug-likeness (QED) is 0.907. The summed E-state index contributed by atoms with van der Waals surface area (Å²) in [5, 5.41) is 0. The summed E-state index contributed by atoms with van der Waals surface area (Å²) in [5.41, 5.74) is 8.08. The van der Waals surface area contributed by atoms with Crippen LogP contribution in [0.1, 0.15) is 30.5 Å². The Kier molecular flexibility index (Phi) is 5.15. The van der Waals surface area contributed by atoms with E-state index < -0.39 is 0 Å². The average molecular weight is 275 g/mol. The summed E-state index contributed by atoms with van der Waals surface area (Å²) in [7, 11) is 0. The van der Waals surface area contributed by atoms with Crippen LogP contribution in [0.2, 0.25) is 0 Å². The standard InChI is InChI=1S/C16H25N3O/c1-13-3-5-15(6-4-13)14(2)18-9-11-19(12-10-18)16(20)7-8-17/h3-6,14H,7-12,17H2,1-2H3. The molecule has 1 aromatic rings. The number of benzene rings is 1. The van der Waals surface area contributed by atoms with Gasteiger partial charge in [0.2, 0.25) is 5.91 Å². The molecule has 1 amide bonds. The fraction of sp³-hybridized carbons (Fsp3) is 0.562. The second-order valence-corrected chi connectivity index (χ2v) is 5.54. The Morgan fingerprint density at radius 2 is 1.80 bits per heavy atom. The van der Waals surface area contributed by atoms with Gasteiger partial charge in [-0.25, -0.2) is 0 Å². The summed E-state index contributed by atoms with van der Waals surface area (Å²) in [6.45, 7) is 8.29. The van der Waals surface area contributed by atoms with E-state index >= 15 is 0 Å². The van der Waals surface area contributed by atoms with Crippen LogP contribution in [0.3, 0.4) is 0 Å². The predicted octanol–water partition coefficient (Wildman–Crippen LogP) is 1.55. The number of hydrogen-bond acceptors (Lipinski definition) is 3. The maximum Gasteiger partial charge on any atom is 0.223 e. The minimum Gasteiger partial charge on any atom is -0.340 e. The fourth-order valence-electron chi connectivity index (χ4n) is 2.70. The van der Waals surface area contributed by atoms with Crippen LogP contribution in [0.5, 0.6) is 0 Å². The van der Waals surface area contributed by atoms with E-state index in [1.807, 2.05) is 4.90 Å². The SMILES string of the molecule is Cc1ccc(C(C)N2CCN(C(=O)CCN)CC2)cc1. The number of nitrogens with two attached hydrogens (primary N) is 1. The maximum atomic E-state index is 11.8. The van der Waals surface area contributed by atoms with Crippen molar-refractivity contribution in [2.45, 2.75) is 26.3 Å². The molecule has 1 fully saturated rings. The highest BCUT2D eigenvalue weighted by atomic mass is 16.2. The lowest BCUT2D eigenvalue weighted by Crippen LogP contribution is -2.49. The number of nitrogens with zero attached hydrogens (tertiary/aromatic N) is 2. The second-order valence-electron chi connectivity index (χ2n) is 5.54. The second kappa shape index (κ2) is 6.86. The highest BCUT2D eigenvalue weighted by Gasteiger charge is 2.24. The lowest BCUT2D eigenvalue weighted by Gasteiger charge is -2.38. The summed E-state index contributed by atoms with van der Waals surface area (Å²) in [5.74, 6) is 0.190. The first-order valence-corrected chi connectivity index (χ1v) is 7.40. The van der Waals surface area contributed by atoms with Crippen LogP contribution in [0.4, 0.5) is 0 Å². The fourth-order valence-corrected chi connectivity index (χ4v) is 2.70. The minimum atomic E-state index is 0.190. The molecule has 1 unspecified atom stereocenters. The summed E-state index contributed by atoms with van der Waals surface area (Å²) >= 11 is 0. The van der Waals surface area contributed by atoms with E-state index in [-0.39, 0.29) is 5.91 Å². The zero-order valence-corrected chi connectivity index (χ0v) is 12.5. The highest BCUT2D eigenvalue weighted by Crippen LogP contribution is 2.22. The molecule has 4 nitrogen and oxygen atoms in total. The smallest absolute Gasteiger partial charge is 0.223 e. The van der Waals surface area contributed by atoms with Gasteiger partial charge in [0.05, 0.1) is 0 Å². The number of carbonyl (C=O) groups excluding carboxylic acids is 1. The molecule has 1 heterocycles. The zero-order chi connectivity index (χ0) is 14.5. The van der Waals surface area contributed by atoms with Crippen molar-refractivity contribution < 1.29 is 4.79 Å². The van der Waals surface area contributed by atoms with Crippen LogP contribution < -0.4 is 5.73 Å². The average Bonchev–Trinajstić information content (AvgIpc) is 2.48. The van der Waals surface area contributed by atoms with Crippen molar-refractivity contribution in [3.05, 3.63) is 35.4 Å². The molecule has 0 aromatic heterocycles. The molecule has 0 bridgehead atoms. The van der Waals surface area contributed by atoms with Crippen molar-refractivity contribution in [1.82, 2.24) is 9.80 Å². The molecular weight excluding hydrogens is 250 g/mol. The number of piperazine rings is 1. The summed E-state index contributed by atoms with van der Waals surface area (Å²) in [4.78, 5) is 16.2. The molecule has 0 radical (unpaired) electrons. The molecule has 1 aliphatic heterocycles. The zero-order valence-electron chi connectivity index (χ0n) is 12.5. The van der Waals surface area contributed by atoms with Crippen LogP contribution in [0.25, 0.3) is 0 Å². The van der Waals surface area contributed by atoms with Crippen LogP contribution in [0.15, 0.2) is 24.3 Å². The van der Waals surface area contributed by atoms with Crippen molar-refractivity contribution >= 4 is 5.91 Å². The Labute approximate surface area is 121 Å². The van der Waals surface area contributed by atoms with Crippen molar-refractivity contribution in [2.24, 2.45) is 5.73 Å². The largest absolute Gasteiger partial charge is 0.340 e. The van der Waals surface area contributed by atoms with E-state index in [1.165, 1.54) is 11.1 Å². The third-order valence-electron chi connectivity index (χ3n) is 4.13. The van der Waals surface area contributed by atoms with E-state index in [9.17, 15) is 4.79 Å². The predicted molar refractivity (Wildman–Crippen MR) is 81.4 cm³/mol. The Balaban J connectivity index is 1.90. The van der Waals surface area contributed by atoms with Gasteiger partial charge in [0.1, 0.15) is 0 Å². The molecule has 0 saturated carbocycles. The van der Waals surface area contributed by atoms with E-state index in [1.54, 1.807) is 0 Å². The van der Waals surface area contributed by atoms with Gasteiger partial charge in [-0.15, -0.1) is 0 Å². The maximum absolute atomic E-state index is 11.8. The summed E-state index contributed by atoms with van der Waals surface area (Å²) < 4.78 is 0. The Bertz CT molecular complexity index is 436. The Hall–Kier alpha value is -1.39. The minimum absolute atomic E-state index is 0.190. The molecule has 0 spiro atoms. The summed E-state index contributed by atoms with van der Waals surface area (Å²) in [6, 6.07) is 9.12. The van der Waals surface area contributed by atoms with Crippen molar-refractivity contribution in [2.75, 3.05) is 32.7 Å². The van der Waals surface area contributed by atoms with Crippen LogP contribution >= 0.6 is 0 Å². The van der Waals surface area contributed by atoms with Gasteiger partial charge in [0, 0.05) is 45.2 Å². The molecule has 110 valence electrons. The van der Waals surface area contributed by atoms with Crippen molar-refractivity contribution in [3.8, 4) is 0 Å². The molecule has 1 saturated heterocycles. The lowest BCUT2D eigenvalue weighted by atomic mass is 10.0. The van der Waals surface area contributed by atoms with Crippen molar-refractivity contribution in [3.63, 3.8) is 0 Å². The molecule has 1 aromatic carbocycles. The topological polar surface area (TPSA) is 49.6 Å². The molecule has 2 rings (SSSR count). The molecule has 1 aliphatic rings. The molecule has 4 heteroatoms. The van der Waals surface area contributed by atoms with Gasteiger partial charge >= 0.3 is 0 Å². The van der Waals surface area contributed by atoms with Gasteiger partial charge in [0.15, 0.2) is 0 Å². The van der Waals surface area contributed by atoms with Gasteiger partial charge < -0.3 is 10.6 Å². The first kappa shape index (κ1) is 15.0. The monoisotopic (exact) mass is 275 g/mol. The highest BCUT2D eigenvalue weighted by molar-refractivity contribution is 5.76. The van der Waals surface area contributed by atoms with Gasteiger partial charge in [-0.3, -0.25) is 9.69 Å². The third kappa shape index (κ3) is 3.58. The number of amides is 1. The Morgan fingerprint density at radius 3 is 2.35 bits per heavy atom. The number of aryl methyl sites for hydroxylation is 1. The van der Waals surface area contributed by atoms with Gasteiger partial charge in [0.25, 0.3) is 0 Å². The van der Waals surface area contributed by atoms with Gasteiger partial charge in [-0.2, -0.15) is 0 Å². The molecular formula is C16H25N3O. The van der Waals surface area contributed by atoms with Gasteiger partial charge in [-0.1, -0.05) is 29.8 Å². The Morgan fingerprint density at radius 1 is 1.20 bits per heavy atom. The van der Waals surface area contributed by atoms with Crippen molar-refractivity contribution in [1.29, 1.82) is 0 Å². The van der Waals surface area contributed by atoms with Crippen LogP contribution in [-0.4, -0.2) is 48.4 Å². The lowest BCUT2D eigenvalue weighted by molar-refractivity contribution is -0.133. The van der Waals surface area contributed by atoms with E-state index in [0.29, 0.717) is 19.0 Å². The molecule has 1 atom stereocenters. The molecule has 20 heavy (non-hydrogen) atoms. The number of carbonyl (C=O) groups is 1. The van der Waals surface area contributed by atoms with Gasteiger partial charge in [-0.05, 0) is 19.4 Å². The summed E-state index contributed by atoms with van der Waals surface area (Å²) in [6.07, 6.45) is 0.466. The normalized spacial score (nSPS) is 18.1. The number of rotatable bonds is 4. The number of hydrogen-bond donors (Lipinski definition) is 1. The first-order valence-electron chi connectivity index (χ1n) is 7.40. The molecule has 2 N–H and O–H groups in total. The molecule has 0 aliphatic carbocycles. The van der Waals surface area contributed by atoms with Crippen LogP contribution in [-0.2, 0) is 4.79 Å². The first-order chi connectivity index (χ1) is 9.61. The third-order valence-corrected chi connectivity index (χ3v) is 4.13. The van der Waals surface area contributed by atoms with E-state index in [4.69, 9.17) is 5.73 Å². The van der Waals surface area contributed by atoms with E-state index in [0.717, 1.165) is 26.2 Å². The van der Waals surface area contributed by atoms with Crippen LogP contribution in [0, 0.1) is 6.92 Å².